The lowest BCUT2D eigenvalue weighted by Gasteiger charge is -2.29. The van der Waals surface area contributed by atoms with Crippen molar-refractivity contribution in [1.82, 2.24) is 4.90 Å². The van der Waals surface area contributed by atoms with Crippen LogP contribution in [0, 0.1) is 0 Å². The summed E-state index contributed by atoms with van der Waals surface area (Å²) in [6, 6.07) is 7.34. The summed E-state index contributed by atoms with van der Waals surface area (Å²) in [4.78, 5) is 14.9. The minimum absolute atomic E-state index is 0.0885. The standard InChI is InChI=1S/C17H26N2O3S/c1-4-14(5-2)19(15-9-10-15)12-17(20)18-13-7-6-8-16(11-13)23(3,21)22/h6-8,11,14-15H,4-5,9-10,12H2,1-3H3,(H,18,20). The van der Waals surface area contributed by atoms with E-state index in [1.54, 1.807) is 12.1 Å². The highest BCUT2D eigenvalue weighted by molar-refractivity contribution is 7.90. The van der Waals surface area contributed by atoms with Crippen LogP contribution >= 0.6 is 0 Å². The SMILES string of the molecule is CCC(CC)N(CC(=O)Nc1cccc(S(C)(=O)=O)c1)C1CC1. The normalized spacial score (nSPS) is 15.2. The summed E-state index contributed by atoms with van der Waals surface area (Å²) >= 11 is 0. The van der Waals surface area contributed by atoms with E-state index in [0.717, 1.165) is 31.9 Å². The summed E-state index contributed by atoms with van der Waals surface area (Å²) in [7, 11) is -3.27. The summed E-state index contributed by atoms with van der Waals surface area (Å²) in [5.74, 6) is -0.0885. The summed E-state index contributed by atoms with van der Waals surface area (Å²) in [5.41, 5.74) is 0.526. The molecule has 6 heteroatoms. The molecule has 1 aliphatic carbocycles. The Morgan fingerprint density at radius 3 is 2.48 bits per heavy atom. The van der Waals surface area contributed by atoms with Crippen LogP contribution in [0.2, 0.25) is 0 Å². The van der Waals surface area contributed by atoms with Gasteiger partial charge >= 0.3 is 0 Å². The molecule has 128 valence electrons. The quantitative estimate of drug-likeness (QED) is 0.791. The van der Waals surface area contributed by atoms with Crippen LogP contribution in [-0.4, -0.2) is 44.1 Å². The molecule has 5 nitrogen and oxygen atoms in total. The number of anilines is 1. The predicted molar refractivity (Wildman–Crippen MR) is 92.3 cm³/mol. The van der Waals surface area contributed by atoms with E-state index >= 15 is 0 Å². The van der Waals surface area contributed by atoms with Crippen LogP contribution in [0.25, 0.3) is 0 Å². The molecule has 0 spiro atoms. The zero-order valence-electron chi connectivity index (χ0n) is 14.1. The van der Waals surface area contributed by atoms with Crippen LogP contribution in [0.15, 0.2) is 29.2 Å². The molecule has 23 heavy (non-hydrogen) atoms. The van der Waals surface area contributed by atoms with Crippen molar-refractivity contribution in [2.24, 2.45) is 0 Å². The fourth-order valence-electron chi connectivity index (χ4n) is 2.89. The highest BCUT2D eigenvalue weighted by Crippen LogP contribution is 2.30. The van der Waals surface area contributed by atoms with E-state index in [0.29, 0.717) is 24.3 Å². The lowest BCUT2D eigenvalue weighted by Crippen LogP contribution is -2.41. The van der Waals surface area contributed by atoms with Crippen LogP contribution in [0.4, 0.5) is 5.69 Å². The Bertz CT molecular complexity index is 650. The Hall–Kier alpha value is -1.40. The lowest BCUT2D eigenvalue weighted by atomic mass is 10.1. The third-order valence-corrected chi connectivity index (χ3v) is 5.41. The molecule has 0 aliphatic heterocycles. The molecule has 1 aliphatic rings. The topological polar surface area (TPSA) is 66.5 Å². The molecule has 0 bridgehead atoms. The largest absolute Gasteiger partial charge is 0.325 e. The summed E-state index contributed by atoms with van der Waals surface area (Å²) < 4.78 is 23.2. The van der Waals surface area contributed by atoms with Gasteiger partial charge in [-0.3, -0.25) is 9.69 Å². The van der Waals surface area contributed by atoms with Gasteiger partial charge in [0.2, 0.25) is 5.91 Å². The summed E-state index contributed by atoms with van der Waals surface area (Å²) in [6.45, 7) is 4.66. The van der Waals surface area contributed by atoms with Crippen LogP contribution in [-0.2, 0) is 14.6 Å². The van der Waals surface area contributed by atoms with Crippen LogP contribution in [0.1, 0.15) is 39.5 Å². The molecule has 1 aromatic rings. The van der Waals surface area contributed by atoms with Gasteiger partial charge in [-0.1, -0.05) is 19.9 Å². The van der Waals surface area contributed by atoms with Crippen LogP contribution in [0.3, 0.4) is 0 Å². The zero-order chi connectivity index (χ0) is 17.0. The number of carbonyl (C=O) groups is 1. The molecule has 0 atom stereocenters. The Morgan fingerprint density at radius 2 is 1.96 bits per heavy atom. The van der Waals surface area contributed by atoms with Gasteiger partial charge in [-0.25, -0.2) is 8.42 Å². The Kier molecular flexibility index (Phi) is 5.81. The third-order valence-electron chi connectivity index (χ3n) is 4.30. The van der Waals surface area contributed by atoms with Gasteiger partial charge in [-0.2, -0.15) is 0 Å². The van der Waals surface area contributed by atoms with Gasteiger partial charge < -0.3 is 5.32 Å². The summed E-state index contributed by atoms with van der Waals surface area (Å²) in [5, 5.41) is 2.83. The highest BCUT2D eigenvalue weighted by Gasteiger charge is 2.33. The van der Waals surface area contributed by atoms with Crippen LogP contribution in [0.5, 0.6) is 0 Å². The Labute approximate surface area is 139 Å². The molecular weight excluding hydrogens is 312 g/mol. The van der Waals surface area contributed by atoms with E-state index in [1.807, 2.05) is 0 Å². The molecule has 1 saturated carbocycles. The monoisotopic (exact) mass is 338 g/mol. The second-order valence-corrected chi connectivity index (χ2v) is 8.24. The van der Waals surface area contributed by atoms with Gasteiger partial charge in [0.25, 0.3) is 0 Å². The van der Waals surface area contributed by atoms with Crippen molar-refractivity contribution in [2.45, 2.75) is 56.5 Å². The third kappa shape index (κ3) is 5.04. The van der Waals surface area contributed by atoms with Crippen molar-refractivity contribution in [2.75, 3.05) is 18.1 Å². The minimum atomic E-state index is -3.27. The van der Waals surface area contributed by atoms with Crippen molar-refractivity contribution < 1.29 is 13.2 Å². The van der Waals surface area contributed by atoms with Gasteiger partial charge in [0.05, 0.1) is 11.4 Å². The number of nitrogens with zero attached hydrogens (tertiary/aromatic N) is 1. The van der Waals surface area contributed by atoms with E-state index < -0.39 is 9.84 Å². The number of hydrogen-bond donors (Lipinski definition) is 1. The Balaban J connectivity index is 2.04. The molecule has 0 aromatic heterocycles. The van der Waals surface area contributed by atoms with E-state index in [-0.39, 0.29) is 10.8 Å². The molecule has 1 aromatic carbocycles. The second-order valence-electron chi connectivity index (χ2n) is 6.22. The molecule has 1 N–H and O–H groups in total. The van der Waals surface area contributed by atoms with E-state index in [2.05, 4.69) is 24.1 Å². The van der Waals surface area contributed by atoms with Crippen molar-refractivity contribution in [3.63, 3.8) is 0 Å². The van der Waals surface area contributed by atoms with Gasteiger partial charge in [-0.15, -0.1) is 0 Å². The average Bonchev–Trinajstić information content (AvgIpc) is 3.31. The van der Waals surface area contributed by atoms with Gasteiger partial charge in [0.15, 0.2) is 9.84 Å². The number of sulfone groups is 1. The van der Waals surface area contributed by atoms with Gasteiger partial charge in [0.1, 0.15) is 0 Å². The second kappa shape index (κ2) is 7.45. The predicted octanol–water partition coefficient (Wildman–Crippen LogP) is 2.68. The number of benzene rings is 1. The number of rotatable bonds is 8. The first kappa shape index (κ1) is 17.9. The lowest BCUT2D eigenvalue weighted by molar-refractivity contribution is -0.118. The zero-order valence-corrected chi connectivity index (χ0v) is 14.9. The molecule has 1 amide bonds. The molecule has 0 heterocycles. The fraction of sp³-hybridized carbons (Fsp3) is 0.588. The number of carbonyl (C=O) groups excluding carboxylic acids is 1. The smallest absolute Gasteiger partial charge is 0.238 e. The maximum atomic E-state index is 12.4. The molecule has 0 unspecified atom stereocenters. The number of hydrogen-bond acceptors (Lipinski definition) is 4. The molecule has 1 fully saturated rings. The first-order valence-electron chi connectivity index (χ1n) is 8.20. The molecule has 0 saturated heterocycles. The van der Waals surface area contributed by atoms with Crippen molar-refractivity contribution in [3.05, 3.63) is 24.3 Å². The van der Waals surface area contributed by atoms with E-state index in [1.165, 1.54) is 12.1 Å². The fourth-order valence-corrected chi connectivity index (χ4v) is 3.56. The van der Waals surface area contributed by atoms with Crippen LogP contribution < -0.4 is 5.32 Å². The molecule has 2 rings (SSSR count). The number of nitrogens with one attached hydrogen (secondary N) is 1. The van der Waals surface area contributed by atoms with Crippen molar-refractivity contribution in [3.8, 4) is 0 Å². The van der Waals surface area contributed by atoms with Crippen molar-refractivity contribution >= 4 is 21.4 Å². The maximum Gasteiger partial charge on any atom is 0.238 e. The summed E-state index contributed by atoms with van der Waals surface area (Å²) in [6.07, 6.45) is 5.55. The molecular formula is C17H26N2O3S. The maximum absolute atomic E-state index is 12.4. The van der Waals surface area contributed by atoms with E-state index in [4.69, 9.17) is 0 Å². The highest BCUT2D eigenvalue weighted by atomic mass is 32.2. The van der Waals surface area contributed by atoms with Gasteiger partial charge in [-0.05, 0) is 43.9 Å². The number of amides is 1. The Morgan fingerprint density at radius 1 is 1.30 bits per heavy atom. The van der Waals surface area contributed by atoms with Gasteiger partial charge in [0, 0.05) is 24.0 Å². The minimum Gasteiger partial charge on any atom is -0.325 e. The van der Waals surface area contributed by atoms with Crippen molar-refractivity contribution in [1.29, 1.82) is 0 Å². The first-order chi connectivity index (χ1) is 10.8. The molecule has 0 radical (unpaired) electrons. The first-order valence-corrected chi connectivity index (χ1v) is 10.1. The average molecular weight is 338 g/mol. The van der Waals surface area contributed by atoms with E-state index in [9.17, 15) is 13.2 Å².